The number of hydrogen-bond donors (Lipinski definition) is 1. The third-order valence-corrected chi connectivity index (χ3v) is 3.38. The summed E-state index contributed by atoms with van der Waals surface area (Å²) in [6.07, 6.45) is 3.59. The topological polar surface area (TPSA) is 86.9 Å². The summed E-state index contributed by atoms with van der Waals surface area (Å²) in [5, 5.41) is 19.0. The van der Waals surface area contributed by atoms with Crippen LogP contribution >= 0.6 is 0 Å². The van der Waals surface area contributed by atoms with Crippen molar-refractivity contribution in [2.45, 2.75) is 6.42 Å². The van der Waals surface area contributed by atoms with Crippen molar-refractivity contribution in [3.63, 3.8) is 0 Å². The van der Waals surface area contributed by atoms with Crippen molar-refractivity contribution < 1.29 is 9.90 Å². The fraction of sp³-hybridized carbons (Fsp3) is 0.0588. The highest BCUT2D eigenvalue weighted by atomic mass is 16.4. The van der Waals surface area contributed by atoms with Crippen molar-refractivity contribution in [3.8, 4) is 6.07 Å². The Morgan fingerprint density at radius 3 is 2.73 bits per heavy atom. The van der Waals surface area contributed by atoms with Crippen molar-refractivity contribution >= 4 is 16.9 Å². The SMILES string of the molecule is N#Cc1ccnc2ccc(Cc3cc(C(=O)O)ccn3)cc12. The Labute approximate surface area is 126 Å². The second-order valence-electron chi connectivity index (χ2n) is 4.84. The molecule has 0 bridgehead atoms. The van der Waals surface area contributed by atoms with Crippen LogP contribution < -0.4 is 0 Å². The minimum atomic E-state index is -0.974. The zero-order chi connectivity index (χ0) is 15.5. The normalized spacial score (nSPS) is 10.3. The van der Waals surface area contributed by atoms with Gasteiger partial charge < -0.3 is 5.11 Å². The molecule has 2 aromatic heterocycles. The summed E-state index contributed by atoms with van der Waals surface area (Å²) in [6.45, 7) is 0. The molecule has 0 saturated heterocycles. The van der Waals surface area contributed by atoms with Crippen LogP contribution in [0.2, 0.25) is 0 Å². The third-order valence-electron chi connectivity index (χ3n) is 3.38. The Morgan fingerprint density at radius 1 is 1.14 bits per heavy atom. The Kier molecular flexibility index (Phi) is 3.50. The lowest BCUT2D eigenvalue weighted by molar-refractivity contribution is 0.0696. The first-order valence-corrected chi connectivity index (χ1v) is 6.63. The van der Waals surface area contributed by atoms with Crippen molar-refractivity contribution in [2.75, 3.05) is 0 Å². The van der Waals surface area contributed by atoms with Crippen molar-refractivity contribution in [1.29, 1.82) is 5.26 Å². The predicted molar refractivity (Wildman–Crippen MR) is 80.5 cm³/mol. The predicted octanol–water partition coefficient (Wildman–Crippen LogP) is 2.79. The molecule has 1 N–H and O–H groups in total. The molecule has 0 amide bonds. The second kappa shape index (κ2) is 5.62. The van der Waals surface area contributed by atoms with E-state index >= 15 is 0 Å². The molecule has 0 spiro atoms. The lowest BCUT2D eigenvalue weighted by atomic mass is 10.0. The summed E-state index contributed by atoms with van der Waals surface area (Å²) >= 11 is 0. The molecule has 0 aliphatic heterocycles. The Morgan fingerprint density at radius 2 is 1.95 bits per heavy atom. The number of aromatic carboxylic acids is 1. The van der Waals surface area contributed by atoms with Gasteiger partial charge in [0.2, 0.25) is 0 Å². The second-order valence-corrected chi connectivity index (χ2v) is 4.84. The van der Waals surface area contributed by atoms with E-state index in [9.17, 15) is 4.79 Å². The molecule has 1 aromatic carbocycles. The van der Waals surface area contributed by atoms with Gasteiger partial charge in [-0.25, -0.2) is 4.79 Å². The Hall–Kier alpha value is -3.26. The molecule has 0 aliphatic rings. The number of rotatable bonds is 3. The van der Waals surface area contributed by atoms with Crippen LogP contribution in [0.5, 0.6) is 0 Å². The van der Waals surface area contributed by atoms with Gasteiger partial charge in [0.25, 0.3) is 0 Å². The lowest BCUT2D eigenvalue weighted by Crippen LogP contribution is -2.00. The molecule has 0 radical (unpaired) electrons. The largest absolute Gasteiger partial charge is 0.478 e. The quantitative estimate of drug-likeness (QED) is 0.801. The Balaban J connectivity index is 1.99. The van der Waals surface area contributed by atoms with E-state index in [2.05, 4.69) is 16.0 Å². The van der Waals surface area contributed by atoms with Gasteiger partial charge in [0.05, 0.1) is 22.7 Å². The molecule has 106 valence electrons. The fourth-order valence-corrected chi connectivity index (χ4v) is 2.32. The molecule has 0 unspecified atom stereocenters. The van der Waals surface area contributed by atoms with Crippen LogP contribution in [-0.2, 0) is 6.42 Å². The van der Waals surface area contributed by atoms with Crippen LogP contribution in [0.4, 0.5) is 0 Å². The van der Waals surface area contributed by atoms with Crippen LogP contribution in [0.15, 0.2) is 48.8 Å². The van der Waals surface area contributed by atoms with Crippen molar-refractivity contribution in [3.05, 3.63) is 71.2 Å². The molecule has 3 aromatic rings. The van der Waals surface area contributed by atoms with Crippen molar-refractivity contribution in [2.24, 2.45) is 0 Å². The first-order chi connectivity index (χ1) is 10.7. The van der Waals surface area contributed by atoms with E-state index in [4.69, 9.17) is 10.4 Å². The van der Waals surface area contributed by atoms with Crippen LogP contribution in [0.25, 0.3) is 10.9 Å². The number of carboxylic acids is 1. The highest BCUT2D eigenvalue weighted by Gasteiger charge is 2.07. The number of nitriles is 1. The molecule has 3 rings (SSSR count). The van der Waals surface area contributed by atoms with Gasteiger partial charge in [-0.1, -0.05) is 6.07 Å². The number of carboxylic acid groups (broad SMARTS) is 1. The summed E-state index contributed by atoms with van der Waals surface area (Å²) in [5.74, 6) is -0.974. The highest BCUT2D eigenvalue weighted by molar-refractivity contribution is 5.87. The van der Waals surface area contributed by atoms with Crippen LogP contribution in [0.3, 0.4) is 0 Å². The number of hydrogen-bond acceptors (Lipinski definition) is 4. The first kappa shape index (κ1) is 13.7. The maximum absolute atomic E-state index is 11.0. The third kappa shape index (κ3) is 2.63. The van der Waals surface area contributed by atoms with E-state index < -0.39 is 5.97 Å². The van der Waals surface area contributed by atoms with E-state index in [-0.39, 0.29) is 5.56 Å². The minimum Gasteiger partial charge on any atom is -0.478 e. The summed E-state index contributed by atoms with van der Waals surface area (Å²) < 4.78 is 0. The summed E-state index contributed by atoms with van der Waals surface area (Å²) in [4.78, 5) is 19.4. The average Bonchev–Trinajstić information content (AvgIpc) is 2.54. The zero-order valence-corrected chi connectivity index (χ0v) is 11.5. The molecule has 0 aliphatic carbocycles. The summed E-state index contributed by atoms with van der Waals surface area (Å²) in [6, 6.07) is 12.5. The molecule has 2 heterocycles. The van der Waals surface area contributed by atoms with Gasteiger partial charge in [0.15, 0.2) is 0 Å². The van der Waals surface area contributed by atoms with Gasteiger partial charge in [0.1, 0.15) is 0 Å². The zero-order valence-electron chi connectivity index (χ0n) is 11.5. The van der Waals surface area contributed by atoms with Gasteiger partial charge in [0, 0.05) is 29.9 Å². The van der Waals surface area contributed by atoms with Crippen LogP contribution in [-0.4, -0.2) is 21.0 Å². The lowest BCUT2D eigenvalue weighted by Gasteiger charge is -2.05. The van der Waals surface area contributed by atoms with Gasteiger partial charge in [-0.05, 0) is 35.9 Å². The Bertz CT molecular complexity index is 913. The highest BCUT2D eigenvalue weighted by Crippen LogP contribution is 2.19. The molecule has 0 saturated carbocycles. The van der Waals surface area contributed by atoms with Crippen LogP contribution in [0.1, 0.15) is 27.2 Å². The molecule has 5 nitrogen and oxygen atoms in total. The monoisotopic (exact) mass is 289 g/mol. The molecule has 22 heavy (non-hydrogen) atoms. The maximum atomic E-state index is 11.0. The van der Waals surface area contributed by atoms with E-state index in [0.717, 1.165) is 16.5 Å². The first-order valence-electron chi connectivity index (χ1n) is 6.63. The van der Waals surface area contributed by atoms with Gasteiger partial charge in [-0.2, -0.15) is 5.26 Å². The summed E-state index contributed by atoms with van der Waals surface area (Å²) in [5.41, 5.74) is 3.16. The molecule has 5 heteroatoms. The van der Waals surface area contributed by atoms with Crippen LogP contribution in [0, 0.1) is 11.3 Å². The van der Waals surface area contributed by atoms with E-state index in [1.165, 1.54) is 12.3 Å². The fourth-order valence-electron chi connectivity index (χ4n) is 2.32. The minimum absolute atomic E-state index is 0.213. The van der Waals surface area contributed by atoms with E-state index in [1.807, 2.05) is 18.2 Å². The molecule has 0 atom stereocenters. The number of pyridine rings is 2. The number of aromatic nitrogens is 2. The maximum Gasteiger partial charge on any atom is 0.335 e. The van der Waals surface area contributed by atoms with Gasteiger partial charge in [-0.15, -0.1) is 0 Å². The van der Waals surface area contributed by atoms with Crippen molar-refractivity contribution in [1.82, 2.24) is 9.97 Å². The van der Waals surface area contributed by atoms with Gasteiger partial charge in [-0.3, -0.25) is 9.97 Å². The van der Waals surface area contributed by atoms with Gasteiger partial charge >= 0.3 is 5.97 Å². The average molecular weight is 289 g/mol. The standard InChI is InChI=1S/C17H11N3O2/c18-10-13-4-6-20-16-2-1-11(8-15(13)16)7-14-9-12(17(21)22)3-5-19-14/h1-6,8-9H,7H2,(H,21,22). The number of benzene rings is 1. The molecular weight excluding hydrogens is 278 g/mol. The number of nitrogens with zero attached hydrogens (tertiary/aromatic N) is 3. The molecular formula is C17H11N3O2. The number of fused-ring (bicyclic) bond motifs is 1. The number of carbonyl (C=O) groups is 1. The van der Waals surface area contributed by atoms with E-state index in [0.29, 0.717) is 17.7 Å². The molecule has 0 fully saturated rings. The van der Waals surface area contributed by atoms with E-state index in [1.54, 1.807) is 18.3 Å². The summed E-state index contributed by atoms with van der Waals surface area (Å²) in [7, 11) is 0. The smallest absolute Gasteiger partial charge is 0.335 e.